The quantitative estimate of drug-likeness (QED) is 0.799. The number of para-hydroxylation sites is 2. The van der Waals surface area contributed by atoms with Crippen molar-refractivity contribution in [3.8, 4) is 5.75 Å². The molecule has 0 unspecified atom stereocenters. The molecule has 0 aliphatic heterocycles. The molecule has 2 aromatic rings. The van der Waals surface area contributed by atoms with Gasteiger partial charge in [0, 0.05) is 6.20 Å². The van der Waals surface area contributed by atoms with Gasteiger partial charge < -0.3 is 19.8 Å². The van der Waals surface area contributed by atoms with Gasteiger partial charge in [0.25, 0.3) is 5.91 Å². The summed E-state index contributed by atoms with van der Waals surface area (Å²) >= 11 is 0. The first-order chi connectivity index (χ1) is 10.2. The van der Waals surface area contributed by atoms with Crippen molar-refractivity contribution in [2.24, 2.45) is 0 Å². The number of carbonyl (C=O) groups excluding carboxylic acids is 2. The lowest BCUT2D eigenvalue weighted by Gasteiger charge is -2.11. The predicted octanol–water partition coefficient (Wildman–Crippen LogP) is 2.21. The monoisotopic (exact) mass is 288 g/mol. The zero-order valence-electron chi connectivity index (χ0n) is 11.6. The molecule has 1 heterocycles. The Labute approximate surface area is 122 Å². The molecule has 0 fully saturated rings. The van der Waals surface area contributed by atoms with E-state index in [1.54, 1.807) is 36.5 Å². The fourth-order valence-electron chi connectivity index (χ4n) is 1.70. The first-order valence-corrected chi connectivity index (χ1v) is 6.53. The number of H-pyrrole nitrogens is 1. The van der Waals surface area contributed by atoms with Crippen LogP contribution >= 0.6 is 0 Å². The van der Waals surface area contributed by atoms with Gasteiger partial charge in [-0.3, -0.25) is 4.79 Å². The lowest BCUT2D eigenvalue weighted by Crippen LogP contribution is -2.21. The van der Waals surface area contributed by atoms with Crippen molar-refractivity contribution in [2.45, 2.75) is 6.92 Å². The van der Waals surface area contributed by atoms with Crippen molar-refractivity contribution in [2.75, 3.05) is 18.5 Å². The van der Waals surface area contributed by atoms with E-state index in [0.29, 0.717) is 23.7 Å². The van der Waals surface area contributed by atoms with E-state index in [1.165, 1.54) is 0 Å². The molecule has 0 aliphatic carbocycles. The number of anilines is 1. The van der Waals surface area contributed by atoms with E-state index >= 15 is 0 Å². The summed E-state index contributed by atoms with van der Waals surface area (Å²) < 4.78 is 10.3. The maximum absolute atomic E-state index is 11.8. The summed E-state index contributed by atoms with van der Waals surface area (Å²) in [5, 5.41) is 2.64. The Morgan fingerprint density at radius 3 is 2.71 bits per heavy atom. The van der Waals surface area contributed by atoms with E-state index < -0.39 is 11.9 Å². The van der Waals surface area contributed by atoms with Gasteiger partial charge in [-0.25, -0.2) is 4.79 Å². The largest absolute Gasteiger partial charge is 0.492 e. The highest BCUT2D eigenvalue weighted by Gasteiger charge is 2.12. The topological polar surface area (TPSA) is 80.4 Å². The summed E-state index contributed by atoms with van der Waals surface area (Å²) in [5.74, 6) is -0.431. The molecule has 2 N–H and O–H groups in total. The van der Waals surface area contributed by atoms with Gasteiger partial charge in [-0.1, -0.05) is 12.1 Å². The third-order valence-electron chi connectivity index (χ3n) is 2.61. The van der Waals surface area contributed by atoms with E-state index in [-0.39, 0.29) is 6.61 Å². The number of benzene rings is 1. The smallest absolute Gasteiger partial charge is 0.355 e. The lowest BCUT2D eigenvalue weighted by molar-refractivity contribution is -0.119. The van der Waals surface area contributed by atoms with Gasteiger partial charge in [-0.05, 0) is 31.2 Å². The molecule has 6 heteroatoms. The molecule has 0 saturated heterocycles. The van der Waals surface area contributed by atoms with Crippen LogP contribution in [0, 0.1) is 0 Å². The summed E-state index contributed by atoms with van der Waals surface area (Å²) in [7, 11) is 0. The minimum absolute atomic E-state index is 0.303. The maximum atomic E-state index is 11.8. The number of aromatic amines is 1. The third kappa shape index (κ3) is 4.10. The molecule has 1 amide bonds. The highest BCUT2D eigenvalue weighted by Crippen LogP contribution is 2.23. The number of hydrogen-bond donors (Lipinski definition) is 2. The molecule has 110 valence electrons. The van der Waals surface area contributed by atoms with Gasteiger partial charge in [-0.2, -0.15) is 0 Å². The number of aromatic nitrogens is 1. The van der Waals surface area contributed by atoms with Gasteiger partial charge in [-0.15, -0.1) is 0 Å². The van der Waals surface area contributed by atoms with Crippen LogP contribution in [0.15, 0.2) is 42.6 Å². The molecular weight excluding hydrogens is 272 g/mol. The van der Waals surface area contributed by atoms with E-state index in [1.807, 2.05) is 13.0 Å². The van der Waals surface area contributed by atoms with Crippen LogP contribution in [0.3, 0.4) is 0 Å². The van der Waals surface area contributed by atoms with Crippen molar-refractivity contribution in [3.63, 3.8) is 0 Å². The molecule has 0 atom stereocenters. The predicted molar refractivity (Wildman–Crippen MR) is 77.3 cm³/mol. The van der Waals surface area contributed by atoms with Gasteiger partial charge >= 0.3 is 5.97 Å². The van der Waals surface area contributed by atoms with Crippen molar-refractivity contribution in [1.29, 1.82) is 0 Å². The van der Waals surface area contributed by atoms with Crippen LogP contribution in [0.2, 0.25) is 0 Å². The Hall–Kier alpha value is -2.76. The summed E-state index contributed by atoms with van der Waals surface area (Å²) in [5.41, 5.74) is 0.845. The van der Waals surface area contributed by atoms with Gasteiger partial charge in [0.1, 0.15) is 11.4 Å². The maximum Gasteiger partial charge on any atom is 0.355 e. The Bertz CT molecular complexity index is 608. The molecule has 0 aliphatic rings. The Balaban J connectivity index is 1.89. The molecule has 0 bridgehead atoms. The number of rotatable bonds is 6. The second kappa shape index (κ2) is 7.14. The summed E-state index contributed by atoms with van der Waals surface area (Å²) in [6, 6.07) is 10.3. The Morgan fingerprint density at radius 2 is 2.00 bits per heavy atom. The number of carbonyl (C=O) groups is 2. The Morgan fingerprint density at radius 1 is 1.19 bits per heavy atom. The van der Waals surface area contributed by atoms with Gasteiger partial charge in [0.15, 0.2) is 6.61 Å². The zero-order chi connectivity index (χ0) is 15.1. The standard InChI is InChI=1S/C15H16N2O4/c1-2-20-13-8-4-3-6-11(13)17-14(18)10-21-15(19)12-7-5-9-16-12/h3-9,16H,2,10H2,1H3,(H,17,18). The van der Waals surface area contributed by atoms with E-state index in [0.717, 1.165) is 0 Å². The number of esters is 1. The molecule has 0 spiro atoms. The normalized spacial score (nSPS) is 9.95. The van der Waals surface area contributed by atoms with Crippen LogP contribution in [-0.4, -0.2) is 30.1 Å². The fourth-order valence-corrected chi connectivity index (χ4v) is 1.70. The molecule has 1 aromatic carbocycles. The van der Waals surface area contributed by atoms with Gasteiger partial charge in [0.2, 0.25) is 0 Å². The molecule has 2 rings (SSSR count). The van der Waals surface area contributed by atoms with Gasteiger partial charge in [0.05, 0.1) is 12.3 Å². The number of hydrogen-bond acceptors (Lipinski definition) is 4. The molecule has 0 radical (unpaired) electrons. The lowest BCUT2D eigenvalue weighted by atomic mass is 10.3. The number of amides is 1. The average Bonchev–Trinajstić information content (AvgIpc) is 3.01. The first-order valence-electron chi connectivity index (χ1n) is 6.53. The van der Waals surface area contributed by atoms with E-state index in [2.05, 4.69) is 10.3 Å². The van der Waals surface area contributed by atoms with Crippen LogP contribution < -0.4 is 10.1 Å². The molecular formula is C15H16N2O4. The minimum atomic E-state index is -0.576. The molecule has 1 aromatic heterocycles. The summed E-state index contributed by atoms with van der Waals surface area (Å²) in [6.45, 7) is 1.99. The van der Waals surface area contributed by atoms with Crippen LogP contribution in [0.25, 0.3) is 0 Å². The third-order valence-corrected chi connectivity index (χ3v) is 2.61. The summed E-state index contributed by atoms with van der Waals surface area (Å²) in [6.07, 6.45) is 1.61. The SMILES string of the molecule is CCOc1ccccc1NC(=O)COC(=O)c1ccc[nH]1. The zero-order valence-corrected chi connectivity index (χ0v) is 11.6. The van der Waals surface area contributed by atoms with Crippen molar-refractivity contribution in [1.82, 2.24) is 4.98 Å². The van der Waals surface area contributed by atoms with Crippen molar-refractivity contribution in [3.05, 3.63) is 48.3 Å². The highest BCUT2D eigenvalue weighted by molar-refractivity contribution is 5.95. The Kier molecular flexibility index (Phi) is 4.98. The van der Waals surface area contributed by atoms with Crippen LogP contribution in [0.1, 0.15) is 17.4 Å². The van der Waals surface area contributed by atoms with Crippen LogP contribution in [-0.2, 0) is 9.53 Å². The fraction of sp³-hybridized carbons (Fsp3) is 0.200. The average molecular weight is 288 g/mol. The second-order valence-electron chi connectivity index (χ2n) is 4.14. The van der Waals surface area contributed by atoms with Crippen LogP contribution in [0.5, 0.6) is 5.75 Å². The number of ether oxygens (including phenoxy) is 2. The minimum Gasteiger partial charge on any atom is -0.492 e. The van der Waals surface area contributed by atoms with Crippen LogP contribution in [0.4, 0.5) is 5.69 Å². The molecule has 21 heavy (non-hydrogen) atoms. The highest BCUT2D eigenvalue weighted by atomic mass is 16.5. The molecule has 6 nitrogen and oxygen atoms in total. The summed E-state index contributed by atoms with van der Waals surface area (Å²) in [4.78, 5) is 26.1. The first kappa shape index (κ1) is 14.6. The van der Waals surface area contributed by atoms with E-state index in [4.69, 9.17) is 9.47 Å². The number of nitrogens with one attached hydrogen (secondary N) is 2. The second-order valence-corrected chi connectivity index (χ2v) is 4.14. The van der Waals surface area contributed by atoms with Crippen molar-refractivity contribution >= 4 is 17.6 Å². The molecule has 0 saturated carbocycles. The van der Waals surface area contributed by atoms with E-state index in [9.17, 15) is 9.59 Å². The van der Waals surface area contributed by atoms with Crippen molar-refractivity contribution < 1.29 is 19.1 Å².